The summed E-state index contributed by atoms with van der Waals surface area (Å²) in [6.07, 6.45) is -1.61. The zero-order valence-electron chi connectivity index (χ0n) is 23.5. The molecule has 0 aliphatic heterocycles. The van der Waals surface area contributed by atoms with E-state index in [1.165, 1.54) is 0 Å². The molecule has 0 amide bonds. The van der Waals surface area contributed by atoms with Crippen molar-refractivity contribution in [3.05, 3.63) is 35.5 Å². The lowest BCUT2D eigenvalue weighted by Gasteiger charge is -2.08. The molecule has 1 aromatic carbocycles. The Morgan fingerprint density at radius 2 is 2.40 bits per heavy atom. The number of aromatic amines is 1. The number of aryl methyl sites for hydroxylation is 1. The maximum atomic E-state index is 12.3. The molecular weight excluding hydrogens is 274 g/mol. The van der Waals surface area contributed by atoms with Crippen molar-refractivity contribution in [3.8, 4) is 0 Å². The van der Waals surface area contributed by atoms with Crippen molar-refractivity contribution in [2.75, 3.05) is 27.5 Å². The molecule has 1 heterocycles. The third-order valence-electron chi connectivity index (χ3n) is 2.53. The third kappa shape index (κ3) is 3.59. The van der Waals surface area contributed by atoms with Gasteiger partial charge in [0.2, 0.25) is 10.0 Å². The molecule has 0 spiro atoms. The van der Waals surface area contributed by atoms with Crippen LogP contribution < -0.4 is 4.72 Å². The second kappa shape index (κ2) is 5.95. The fourth-order valence-corrected chi connectivity index (χ4v) is 2.13. The summed E-state index contributed by atoms with van der Waals surface area (Å²) in [5.74, 6) is 0. The van der Waals surface area contributed by atoms with E-state index < -0.39 is 54.3 Å². The number of likely N-dealkylation sites (N-methyl/N-ethyl adjacent to an activating group) is 1. The molecule has 0 saturated heterocycles. The van der Waals surface area contributed by atoms with Crippen LogP contribution in [0, 0.1) is 0 Å². The van der Waals surface area contributed by atoms with Gasteiger partial charge in [-0.25, -0.2) is 13.1 Å². The summed E-state index contributed by atoms with van der Waals surface area (Å²) in [4.78, 5) is 0.239. The van der Waals surface area contributed by atoms with E-state index in [-0.39, 0.29) is 26.1 Å². The van der Waals surface area contributed by atoms with Crippen molar-refractivity contribution in [2.45, 2.75) is 12.1 Å². The Morgan fingerprint density at radius 1 is 1.60 bits per heavy atom. The smallest absolute Gasteiger partial charge is 0.215 e. The molecule has 5 nitrogen and oxygen atoms in total. The minimum absolute atomic E-state index is 0.0451. The van der Waals surface area contributed by atoms with Gasteiger partial charge in [0.15, 0.2) is 1.41 Å². The van der Waals surface area contributed by atoms with Crippen molar-refractivity contribution in [1.29, 1.82) is 0 Å². The molecule has 2 N–H and O–H groups in total. The fraction of sp³-hybridized carbons (Fsp3) is 0.429. The average Bonchev–Trinajstić information content (AvgIpc) is 2.82. The molecule has 0 aliphatic rings. The average molecular weight is 308 g/mol. The lowest BCUT2D eigenvalue weighted by molar-refractivity contribution is 0.414. The van der Waals surface area contributed by atoms with E-state index in [0.29, 0.717) is 4.98 Å². The van der Waals surface area contributed by atoms with E-state index >= 15 is 0 Å². The Morgan fingerprint density at radius 3 is 3.10 bits per heavy atom. The van der Waals surface area contributed by atoms with Crippen LogP contribution in [0.15, 0.2) is 24.4 Å². The van der Waals surface area contributed by atoms with Crippen LogP contribution in [0.5, 0.6) is 0 Å². The summed E-state index contributed by atoms with van der Waals surface area (Å²) in [7, 11) is -3.99. The first-order valence-electron chi connectivity index (χ1n) is 11.9. The minimum atomic E-state index is -4.80. The Balaban J connectivity index is 2.74. The van der Waals surface area contributed by atoms with Gasteiger partial charge in [-0.15, -0.1) is 0 Å². The molecule has 110 valence electrons. The highest BCUT2D eigenvalue weighted by molar-refractivity contribution is 7.88. The zero-order chi connectivity index (χ0) is 25.9. The number of nitrogens with one attached hydrogen (secondary N) is 2. The van der Waals surface area contributed by atoms with Crippen molar-refractivity contribution in [2.24, 2.45) is 0 Å². The predicted molar refractivity (Wildman–Crippen MR) is 82.2 cm³/mol. The molecule has 0 unspecified atom stereocenters. The Labute approximate surface area is 138 Å². The Hall–Kier alpha value is -1.37. The maximum absolute atomic E-state index is 12.3. The minimum Gasteiger partial charge on any atom is -0.361 e. The topological polar surface area (TPSA) is 65.2 Å². The van der Waals surface area contributed by atoms with E-state index in [0.717, 1.165) is 25.2 Å². The molecule has 20 heavy (non-hydrogen) atoms. The van der Waals surface area contributed by atoms with Gasteiger partial charge in [0.05, 0.1) is 7.08 Å². The fourth-order valence-electron chi connectivity index (χ4n) is 1.61. The molecule has 6 heteroatoms. The largest absolute Gasteiger partial charge is 0.361 e. The molecule has 0 fully saturated rings. The predicted octanol–water partition coefficient (Wildman–Crippen LogP) is 1.32. The van der Waals surface area contributed by atoms with Gasteiger partial charge in [0.1, 0.15) is 1.41 Å². The number of sulfonamides is 1. The highest BCUT2D eigenvalue weighted by atomic mass is 32.2. The van der Waals surface area contributed by atoms with E-state index in [4.69, 9.17) is 17.9 Å². The molecular formula is C14H21N3O2S. The SMILES string of the molecule is [2H]c1c(CC([2H])([2H])N(C([2H])([2H])[2H])C([2H])([2H])[2H])c2cc(C([2H])([2H])S(=O)(=O)N([2H])C)ccc2n1[2H]. The summed E-state index contributed by atoms with van der Waals surface area (Å²) >= 11 is 0. The van der Waals surface area contributed by atoms with Crippen LogP contribution in [-0.4, -0.2) is 45.8 Å². The van der Waals surface area contributed by atoms with Gasteiger partial charge in [0.25, 0.3) is 0 Å². The quantitative estimate of drug-likeness (QED) is 0.846. The summed E-state index contributed by atoms with van der Waals surface area (Å²) in [6, 6.07) is 3.11. The van der Waals surface area contributed by atoms with Crippen LogP contribution in [0.4, 0.5) is 0 Å². The zero-order valence-corrected chi connectivity index (χ0v) is 11.3. The molecule has 1 aromatic heterocycles. The van der Waals surface area contributed by atoms with Crippen molar-refractivity contribution in [3.63, 3.8) is 0 Å². The van der Waals surface area contributed by atoms with Crippen LogP contribution in [0.1, 0.15) is 26.2 Å². The van der Waals surface area contributed by atoms with E-state index in [9.17, 15) is 8.42 Å². The van der Waals surface area contributed by atoms with Gasteiger partial charge in [-0.05, 0) is 50.7 Å². The Bertz CT molecular complexity index is 1140. The highest BCUT2D eigenvalue weighted by Gasteiger charge is 2.11. The molecule has 0 radical (unpaired) electrons. The second-order valence-electron chi connectivity index (χ2n) is 3.86. The van der Waals surface area contributed by atoms with Crippen molar-refractivity contribution < 1.29 is 26.3 Å². The van der Waals surface area contributed by atoms with E-state index in [1.807, 2.05) is 0 Å². The molecule has 2 rings (SSSR count). The lowest BCUT2D eigenvalue weighted by Crippen LogP contribution is -2.20. The number of rotatable bonds is 6. The maximum Gasteiger partial charge on any atom is 0.215 e. The molecule has 2 aromatic rings. The first-order chi connectivity index (χ1) is 14.6. The number of hydrogen-bond acceptors (Lipinski definition) is 3. The summed E-state index contributed by atoms with van der Waals surface area (Å²) in [6.45, 7) is -9.83. The Kier molecular flexibility index (Phi) is 1.62. The number of hydrogen-bond donors (Lipinski definition) is 2. The number of benzene rings is 1. The number of fused-ring (bicyclic) bond motifs is 1. The lowest BCUT2D eigenvalue weighted by atomic mass is 10.1. The molecule has 0 atom stereocenters. The summed E-state index contributed by atoms with van der Waals surface area (Å²) in [5.41, 5.74) is -3.96. The molecule has 0 saturated carbocycles. The van der Waals surface area contributed by atoms with E-state index in [2.05, 4.69) is 0 Å². The molecule has 0 aliphatic carbocycles. The van der Waals surface area contributed by atoms with E-state index in [1.54, 1.807) is 0 Å². The van der Waals surface area contributed by atoms with Crippen LogP contribution in [0.3, 0.4) is 0 Å². The highest BCUT2D eigenvalue weighted by Crippen LogP contribution is 2.21. The van der Waals surface area contributed by atoms with Gasteiger partial charge in [0, 0.05) is 37.3 Å². The van der Waals surface area contributed by atoms with Gasteiger partial charge in [-0.3, -0.25) is 0 Å². The third-order valence-corrected chi connectivity index (χ3v) is 3.51. The summed E-state index contributed by atoms with van der Waals surface area (Å²) in [5, 5.41) is -0.140. The van der Waals surface area contributed by atoms with Crippen molar-refractivity contribution >= 4 is 20.9 Å². The monoisotopic (exact) mass is 308 g/mol. The second-order valence-corrected chi connectivity index (χ2v) is 5.38. The number of H-pyrrole nitrogens is 1. The first-order valence-corrected chi connectivity index (χ1v) is 6.92. The standard InChI is InChI=1S/C14H21N3O2S/c1-15-20(18,19)10-11-4-5-14-13(8-11)12(9-16-14)6-7-17(2)3/h4-5,8-9,15-16H,6-7,10H2,1-3H3/i2D3,3D3,7D2,9D,10D2/hD2. The van der Waals surface area contributed by atoms with Crippen LogP contribution in [0.2, 0.25) is 2.82 Å². The van der Waals surface area contributed by atoms with Crippen LogP contribution >= 0.6 is 0 Å². The van der Waals surface area contributed by atoms with Gasteiger partial charge < -0.3 is 9.88 Å². The molecule has 0 bridgehead atoms. The van der Waals surface area contributed by atoms with Crippen molar-refractivity contribution in [1.82, 2.24) is 14.6 Å². The summed E-state index contributed by atoms with van der Waals surface area (Å²) < 4.78 is 125. The number of nitrogens with zero attached hydrogens (tertiary/aromatic N) is 1. The number of aromatic nitrogens is 1. The van der Waals surface area contributed by atoms with Crippen LogP contribution in [-0.2, 0) is 22.1 Å². The van der Waals surface area contributed by atoms with Gasteiger partial charge in [-0.2, -0.15) is 0 Å². The van der Waals surface area contributed by atoms with Gasteiger partial charge in [-0.1, -0.05) is 6.07 Å². The normalized spacial score (nSPS) is 24.9. The van der Waals surface area contributed by atoms with Crippen LogP contribution in [0.25, 0.3) is 10.9 Å². The first kappa shape index (κ1) is 5.44. The van der Waals surface area contributed by atoms with Gasteiger partial charge >= 0.3 is 0 Å².